The lowest BCUT2D eigenvalue weighted by Gasteiger charge is -2.17. The molecule has 2 aromatic rings. The zero-order chi connectivity index (χ0) is 13.8. The van der Waals surface area contributed by atoms with E-state index in [4.69, 9.17) is 15.2 Å². The molecule has 2 rings (SSSR count). The number of ether oxygens (including phenoxy) is 2. The maximum absolute atomic E-state index is 14.2. The molecule has 0 saturated carbocycles. The monoisotopic (exact) mass is 261 g/mol. The van der Waals surface area contributed by atoms with Crippen LogP contribution < -0.4 is 15.2 Å². The average Bonchev–Trinajstić information content (AvgIpc) is 2.46. The highest BCUT2D eigenvalue weighted by molar-refractivity contribution is 5.43. The maximum atomic E-state index is 14.2. The zero-order valence-corrected chi connectivity index (χ0v) is 10.9. The summed E-state index contributed by atoms with van der Waals surface area (Å²) >= 11 is 0. The first-order valence-electron chi connectivity index (χ1n) is 5.90. The molecule has 1 atom stereocenters. The molecule has 4 heteroatoms. The Kier molecular flexibility index (Phi) is 4.02. The van der Waals surface area contributed by atoms with E-state index in [9.17, 15) is 4.39 Å². The van der Waals surface area contributed by atoms with Crippen molar-refractivity contribution in [1.29, 1.82) is 0 Å². The second-order valence-electron chi connectivity index (χ2n) is 4.08. The van der Waals surface area contributed by atoms with Crippen LogP contribution >= 0.6 is 0 Å². The lowest BCUT2D eigenvalue weighted by atomic mass is 9.98. The third-order valence-electron chi connectivity index (χ3n) is 3.02. The first-order chi connectivity index (χ1) is 9.19. The number of hydrogen-bond donors (Lipinski definition) is 1. The minimum absolute atomic E-state index is 0.183. The fourth-order valence-electron chi connectivity index (χ4n) is 2.02. The molecule has 0 saturated heterocycles. The van der Waals surface area contributed by atoms with Crippen molar-refractivity contribution in [3.05, 3.63) is 59.4 Å². The summed E-state index contributed by atoms with van der Waals surface area (Å²) in [6.45, 7) is 0. The number of hydrogen-bond acceptors (Lipinski definition) is 3. The quantitative estimate of drug-likeness (QED) is 0.920. The van der Waals surface area contributed by atoms with Gasteiger partial charge in [-0.3, -0.25) is 0 Å². The van der Waals surface area contributed by atoms with Gasteiger partial charge in [0.25, 0.3) is 0 Å². The first kappa shape index (κ1) is 13.4. The van der Waals surface area contributed by atoms with E-state index in [1.54, 1.807) is 31.4 Å². The molecular formula is C15H16FNO2. The van der Waals surface area contributed by atoms with Gasteiger partial charge in [0.05, 0.1) is 20.3 Å². The number of halogens is 1. The largest absolute Gasteiger partial charge is 0.496 e. The molecule has 0 bridgehead atoms. The van der Waals surface area contributed by atoms with Crippen LogP contribution in [0.5, 0.6) is 11.5 Å². The predicted octanol–water partition coefficient (Wildman–Crippen LogP) is 2.89. The molecule has 0 aromatic heterocycles. The Balaban J connectivity index is 2.47. The van der Waals surface area contributed by atoms with Gasteiger partial charge in [-0.25, -0.2) is 4.39 Å². The highest BCUT2D eigenvalue weighted by Gasteiger charge is 2.19. The average molecular weight is 261 g/mol. The molecule has 0 amide bonds. The van der Waals surface area contributed by atoms with Crippen LogP contribution in [0.4, 0.5) is 4.39 Å². The Hall–Kier alpha value is -2.07. The highest BCUT2D eigenvalue weighted by atomic mass is 19.1. The van der Waals surface area contributed by atoms with Crippen LogP contribution in [-0.2, 0) is 0 Å². The minimum atomic E-state index is -0.605. The van der Waals surface area contributed by atoms with E-state index in [1.807, 2.05) is 18.2 Å². The molecule has 100 valence electrons. The minimum Gasteiger partial charge on any atom is -0.496 e. The molecule has 19 heavy (non-hydrogen) atoms. The summed E-state index contributed by atoms with van der Waals surface area (Å²) in [5, 5.41) is 0. The molecule has 2 N–H and O–H groups in total. The number of nitrogens with two attached hydrogens (primary N) is 1. The first-order valence-corrected chi connectivity index (χ1v) is 5.90. The molecule has 0 aliphatic carbocycles. The van der Waals surface area contributed by atoms with Crippen LogP contribution in [0.25, 0.3) is 0 Å². The van der Waals surface area contributed by atoms with Crippen LogP contribution in [0.3, 0.4) is 0 Å². The lowest BCUT2D eigenvalue weighted by Crippen LogP contribution is -2.15. The van der Waals surface area contributed by atoms with Gasteiger partial charge >= 0.3 is 0 Å². The molecule has 1 unspecified atom stereocenters. The molecule has 3 nitrogen and oxygen atoms in total. The van der Waals surface area contributed by atoms with E-state index in [0.717, 1.165) is 5.56 Å². The van der Waals surface area contributed by atoms with Crippen molar-refractivity contribution >= 4 is 0 Å². The van der Waals surface area contributed by atoms with Crippen molar-refractivity contribution in [3.8, 4) is 11.5 Å². The van der Waals surface area contributed by atoms with Crippen molar-refractivity contribution in [2.24, 2.45) is 5.73 Å². The van der Waals surface area contributed by atoms with Gasteiger partial charge in [-0.05, 0) is 12.1 Å². The molecule has 0 radical (unpaired) electrons. The second kappa shape index (κ2) is 5.71. The molecule has 0 fully saturated rings. The molecule has 0 aliphatic rings. The van der Waals surface area contributed by atoms with Crippen molar-refractivity contribution in [2.75, 3.05) is 14.2 Å². The van der Waals surface area contributed by atoms with Gasteiger partial charge in [-0.2, -0.15) is 0 Å². The molecule has 0 heterocycles. The summed E-state index contributed by atoms with van der Waals surface area (Å²) in [7, 11) is 2.99. The van der Waals surface area contributed by atoms with Gasteiger partial charge in [0, 0.05) is 11.1 Å². The van der Waals surface area contributed by atoms with Gasteiger partial charge in [0.1, 0.15) is 5.75 Å². The number of rotatable bonds is 4. The third-order valence-corrected chi connectivity index (χ3v) is 3.02. The van der Waals surface area contributed by atoms with Crippen molar-refractivity contribution < 1.29 is 13.9 Å². The topological polar surface area (TPSA) is 44.5 Å². The Morgan fingerprint density at radius 3 is 2.16 bits per heavy atom. The summed E-state index contributed by atoms with van der Waals surface area (Å²) in [6, 6.07) is 11.6. The van der Waals surface area contributed by atoms with Crippen LogP contribution in [0, 0.1) is 5.82 Å². The summed E-state index contributed by atoms with van der Waals surface area (Å²) in [6.07, 6.45) is 0. The lowest BCUT2D eigenvalue weighted by molar-refractivity contribution is 0.382. The van der Waals surface area contributed by atoms with E-state index >= 15 is 0 Å². The van der Waals surface area contributed by atoms with Crippen LogP contribution in [0.1, 0.15) is 17.2 Å². The summed E-state index contributed by atoms with van der Waals surface area (Å²) in [5.74, 6) is 0.378. The van der Waals surface area contributed by atoms with E-state index in [-0.39, 0.29) is 5.75 Å². The van der Waals surface area contributed by atoms with Crippen molar-refractivity contribution in [1.82, 2.24) is 0 Å². The Bertz CT molecular complexity index is 572. The number of benzene rings is 2. The number of para-hydroxylation sites is 1. The van der Waals surface area contributed by atoms with Crippen LogP contribution in [-0.4, -0.2) is 14.2 Å². The number of methoxy groups -OCH3 is 2. The normalized spacial score (nSPS) is 12.0. The molecule has 0 spiro atoms. The van der Waals surface area contributed by atoms with Gasteiger partial charge < -0.3 is 15.2 Å². The fraction of sp³-hybridized carbons (Fsp3) is 0.200. The molecular weight excluding hydrogens is 245 g/mol. The van der Waals surface area contributed by atoms with E-state index in [0.29, 0.717) is 11.3 Å². The Morgan fingerprint density at radius 2 is 1.47 bits per heavy atom. The van der Waals surface area contributed by atoms with Crippen molar-refractivity contribution in [3.63, 3.8) is 0 Å². The van der Waals surface area contributed by atoms with Gasteiger partial charge in [0.2, 0.25) is 0 Å². The molecule has 0 aliphatic heterocycles. The SMILES string of the molecule is COc1ccccc1C(N)c1cccc(OC)c1F. The van der Waals surface area contributed by atoms with E-state index < -0.39 is 11.9 Å². The van der Waals surface area contributed by atoms with Crippen LogP contribution in [0.2, 0.25) is 0 Å². The second-order valence-corrected chi connectivity index (χ2v) is 4.08. The smallest absolute Gasteiger partial charge is 0.170 e. The van der Waals surface area contributed by atoms with Crippen LogP contribution in [0.15, 0.2) is 42.5 Å². The zero-order valence-electron chi connectivity index (χ0n) is 10.9. The Labute approximate surface area is 111 Å². The van der Waals surface area contributed by atoms with E-state index in [2.05, 4.69) is 0 Å². The third kappa shape index (κ3) is 2.53. The standard InChI is InChI=1S/C15H16FNO2/c1-18-12-8-4-3-6-10(12)15(17)11-7-5-9-13(19-2)14(11)16/h3-9,15H,17H2,1-2H3. The van der Waals surface area contributed by atoms with Crippen molar-refractivity contribution in [2.45, 2.75) is 6.04 Å². The fourth-order valence-corrected chi connectivity index (χ4v) is 2.02. The van der Waals surface area contributed by atoms with Gasteiger partial charge in [-0.1, -0.05) is 30.3 Å². The Morgan fingerprint density at radius 1 is 0.895 bits per heavy atom. The molecule has 2 aromatic carbocycles. The van der Waals surface area contributed by atoms with Gasteiger partial charge in [-0.15, -0.1) is 0 Å². The predicted molar refractivity (Wildman–Crippen MR) is 72.0 cm³/mol. The van der Waals surface area contributed by atoms with Gasteiger partial charge in [0.15, 0.2) is 11.6 Å². The highest BCUT2D eigenvalue weighted by Crippen LogP contribution is 2.31. The summed E-state index contributed by atoms with van der Waals surface area (Å²) in [5.41, 5.74) is 7.25. The summed E-state index contributed by atoms with van der Waals surface area (Å²) < 4.78 is 24.4. The van der Waals surface area contributed by atoms with E-state index in [1.165, 1.54) is 7.11 Å². The maximum Gasteiger partial charge on any atom is 0.170 e. The summed E-state index contributed by atoms with van der Waals surface area (Å²) in [4.78, 5) is 0.